The molecule has 0 aromatic heterocycles. The summed E-state index contributed by atoms with van der Waals surface area (Å²) in [4.78, 5) is 0. The molecule has 1 fully saturated rings. The van der Waals surface area contributed by atoms with Crippen LogP contribution in [-0.4, -0.2) is 50.8 Å². The molecule has 0 amide bonds. The lowest BCUT2D eigenvalue weighted by Gasteiger charge is -2.24. The third-order valence-electron chi connectivity index (χ3n) is 2.80. The largest absolute Gasteiger partial charge is 0.330 e. The van der Waals surface area contributed by atoms with Gasteiger partial charge < -0.3 is 5.73 Å². The van der Waals surface area contributed by atoms with Gasteiger partial charge in [0.1, 0.15) is 0 Å². The summed E-state index contributed by atoms with van der Waals surface area (Å²) in [6.45, 7) is 3.67. The quantitative estimate of drug-likeness (QED) is 0.696. The summed E-state index contributed by atoms with van der Waals surface area (Å²) < 4.78 is 26.2. The van der Waals surface area contributed by atoms with Crippen LogP contribution in [0.25, 0.3) is 0 Å². The van der Waals surface area contributed by atoms with Crippen molar-refractivity contribution in [2.45, 2.75) is 13.3 Å². The van der Waals surface area contributed by atoms with E-state index in [0.717, 1.165) is 6.42 Å². The molecule has 0 aliphatic carbocycles. The van der Waals surface area contributed by atoms with E-state index < -0.39 is 10.2 Å². The summed E-state index contributed by atoms with van der Waals surface area (Å²) in [5.74, 6) is 0. The highest BCUT2D eigenvalue weighted by molar-refractivity contribution is 7.86. The second-order valence-corrected chi connectivity index (χ2v) is 6.53. The van der Waals surface area contributed by atoms with Crippen molar-refractivity contribution in [3.8, 4) is 0 Å². The number of hydrogen-bond acceptors (Lipinski definition) is 3. The third-order valence-corrected chi connectivity index (χ3v) is 4.69. The minimum Gasteiger partial charge on any atom is -0.330 e. The predicted molar refractivity (Wildman–Crippen MR) is 56.0 cm³/mol. The van der Waals surface area contributed by atoms with Crippen LogP contribution in [-0.2, 0) is 10.2 Å². The summed E-state index contributed by atoms with van der Waals surface area (Å²) in [5, 5.41) is 0. The van der Waals surface area contributed by atoms with Crippen LogP contribution >= 0.6 is 0 Å². The molecule has 1 rings (SSSR count). The van der Waals surface area contributed by atoms with Crippen molar-refractivity contribution in [1.29, 1.82) is 0 Å². The average Bonchev–Trinajstić information content (AvgIpc) is 2.49. The second kappa shape index (κ2) is 3.77. The zero-order valence-electron chi connectivity index (χ0n) is 9.02. The van der Waals surface area contributed by atoms with Gasteiger partial charge in [-0.3, -0.25) is 0 Å². The lowest BCUT2D eigenvalue weighted by Crippen LogP contribution is -2.40. The molecule has 6 heteroatoms. The molecule has 0 spiro atoms. The SMILES string of the molecule is CN(C)S(=O)(=O)N1CCC(C)(CN)C1. The molecule has 14 heavy (non-hydrogen) atoms. The Labute approximate surface area is 86.0 Å². The Balaban J connectivity index is 2.77. The molecule has 1 aliphatic heterocycles. The fourth-order valence-corrected chi connectivity index (χ4v) is 2.83. The molecular weight excluding hydrogens is 202 g/mol. The summed E-state index contributed by atoms with van der Waals surface area (Å²) in [6.07, 6.45) is 0.844. The molecule has 0 aromatic carbocycles. The third kappa shape index (κ3) is 2.08. The van der Waals surface area contributed by atoms with E-state index in [-0.39, 0.29) is 5.41 Å². The van der Waals surface area contributed by atoms with E-state index in [9.17, 15) is 8.42 Å². The van der Waals surface area contributed by atoms with Gasteiger partial charge in [0, 0.05) is 27.2 Å². The van der Waals surface area contributed by atoms with Crippen LogP contribution in [0.2, 0.25) is 0 Å². The molecule has 84 valence electrons. The van der Waals surface area contributed by atoms with Gasteiger partial charge in [0.2, 0.25) is 0 Å². The molecule has 1 atom stereocenters. The lowest BCUT2D eigenvalue weighted by molar-refractivity contribution is 0.340. The van der Waals surface area contributed by atoms with Gasteiger partial charge in [-0.05, 0) is 18.4 Å². The van der Waals surface area contributed by atoms with Gasteiger partial charge in [-0.2, -0.15) is 17.0 Å². The molecule has 0 radical (unpaired) electrons. The van der Waals surface area contributed by atoms with Crippen LogP contribution in [0.4, 0.5) is 0 Å². The Bertz CT molecular complexity index is 302. The van der Waals surface area contributed by atoms with Gasteiger partial charge in [0.25, 0.3) is 10.2 Å². The fourth-order valence-electron chi connectivity index (χ4n) is 1.57. The van der Waals surface area contributed by atoms with Crippen molar-refractivity contribution >= 4 is 10.2 Å². The van der Waals surface area contributed by atoms with Gasteiger partial charge in [0.15, 0.2) is 0 Å². The first-order chi connectivity index (χ1) is 6.32. The molecule has 1 unspecified atom stereocenters. The Morgan fingerprint density at radius 2 is 2.07 bits per heavy atom. The van der Waals surface area contributed by atoms with Gasteiger partial charge >= 0.3 is 0 Å². The second-order valence-electron chi connectivity index (χ2n) is 4.39. The molecule has 1 saturated heterocycles. The van der Waals surface area contributed by atoms with Gasteiger partial charge in [-0.15, -0.1) is 0 Å². The van der Waals surface area contributed by atoms with Crippen molar-refractivity contribution in [2.24, 2.45) is 11.1 Å². The average molecular weight is 221 g/mol. The predicted octanol–water partition coefficient (Wildman–Crippen LogP) is -0.536. The standard InChI is InChI=1S/C8H19N3O2S/c1-8(6-9)4-5-11(7-8)14(12,13)10(2)3/h4-7,9H2,1-3H3. The van der Waals surface area contributed by atoms with E-state index in [1.165, 1.54) is 8.61 Å². The molecule has 0 bridgehead atoms. The lowest BCUT2D eigenvalue weighted by atomic mass is 9.90. The number of nitrogens with two attached hydrogens (primary N) is 1. The summed E-state index contributed by atoms with van der Waals surface area (Å²) >= 11 is 0. The minimum atomic E-state index is -3.25. The van der Waals surface area contributed by atoms with Crippen LogP contribution in [0, 0.1) is 5.41 Å². The summed E-state index contributed by atoms with van der Waals surface area (Å²) in [7, 11) is -0.149. The normalized spacial score (nSPS) is 30.1. The first-order valence-corrected chi connectivity index (χ1v) is 6.09. The van der Waals surface area contributed by atoms with E-state index in [2.05, 4.69) is 0 Å². The van der Waals surface area contributed by atoms with Crippen molar-refractivity contribution in [1.82, 2.24) is 8.61 Å². The molecule has 1 heterocycles. The smallest absolute Gasteiger partial charge is 0.281 e. The summed E-state index contributed by atoms with van der Waals surface area (Å²) in [5.41, 5.74) is 5.56. The van der Waals surface area contributed by atoms with Crippen LogP contribution in [0.1, 0.15) is 13.3 Å². The van der Waals surface area contributed by atoms with Crippen LogP contribution in [0.3, 0.4) is 0 Å². The zero-order valence-corrected chi connectivity index (χ0v) is 9.84. The van der Waals surface area contributed by atoms with Crippen molar-refractivity contribution in [3.63, 3.8) is 0 Å². The van der Waals surface area contributed by atoms with Gasteiger partial charge in [-0.1, -0.05) is 6.92 Å². The van der Waals surface area contributed by atoms with Crippen molar-refractivity contribution < 1.29 is 8.42 Å². The maximum atomic E-state index is 11.7. The maximum Gasteiger partial charge on any atom is 0.281 e. The monoisotopic (exact) mass is 221 g/mol. The molecule has 0 saturated carbocycles. The van der Waals surface area contributed by atoms with E-state index in [0.29, 0.717) is 19.6 Å². The van der Waals surface area contributed by atoms with Crippen LogP contribution < -0.4 is 5.73 Å². The Morgan fingerprint density at radius 3 is 2.43 bits per heavy atom. The Hall–Kier alpha value is -0.170. The number of rotatable bonds is 3. The first-order valence-electron chi connectivity index (χ1n) is 4.69. The highest BCUT2D eigenvalue weighted by Crippen LogP contribution is 2.30. The number of hydrogen-bond donors (Lipinski definition) is 1. The summed E-state index contributed by atoms with van der Waals surface area (Å²) in [6, 6.07) is 0. The van der Waals surface area contributed by atoms with Gasteiger partial charge in [-0.25, -0.2) is 0 Å². The topological polar surface area (TPSA) is 66.6 Å². The fraction of sp³-hybridized carbons (Fsp3) is 1.00. The molecular formula is C8H19N3O2S. The van der Waals surface area contributed by atoms with E-state index in [1.807, 2.05) is 6.92 Å². The minimum absolute atomic E-state index is 0.0525. The molecule has 2 N–H and O–H groups in total. The van der Waals surface area contributed by atoms with Crippen LogP contribution in [0.5, 0.6) is 0 Å². The molecule has 1 aliphatic rings. The highest BCUT2D eigenvalue weighted by Gasteiger charge is 2.39. The van der Waals surface area contributed by atoms with Crippen LogP contribution in [0.15, 0.2) is 0 Å². The van der Waals surface area contributed by atoms with E-state index in [4.69, 9.17) is 5.73 Å². The molecule has 0 aromatic rings. The first kappa shape index (κ1) is 11.9. The van der Waals surface area contributed by atoms with E-state index in [1.54, 1.807) is 14.1 Å². The molecule has 5 nitrogen and oxygen atoms in total. The Morgan fingerprint density at radius 1 is 1.50 bits per heavy atom. The number of nitrogens with zero attached hydrogens (tertiary/aromatic N) is 2. The van der Waals surface area contributed by atoms with E-state index >= 15 is 0 Å². The highest BCUT2D eigenvalue weighted by atomic mass is 32.2. The van der Waals surface area contributed by atoms with Gasteiger partial charge in [0.05, 0.1) is 0 Å². The zero-order chi connectivity index (χ0) is 11.0. The Kier molecular flexibility index (Phi) is 3.20. The maximum absolute atomic E-state index is 11.7. The van der Waals surface area contributed by atoms with Crippen molar-refractivity contribution in [3.05, 3.63) is 0 Å². The van der Waals surface area contributed by atoms with Crippen molar-refractivity contribution in [2.75, 3.05) is 33.7 Å².